The monoisotopic (exact) mass is 444 g/mol. The van der Waals surface area contributed by atoms with E-state index in [2.05, 4.69) is 29.3 Å². The molecule has 0 atom stereocenters. The van der Waals surface area contributed by atoms with Crippen LogP contribution in [0.15, 0.2) is 119 Å². The van der Waals surface area contributed by atoms with E-state index in [1.54, 1.807) is 6.08 Å². The summed E-state index contributed by atoms with van der Waals surface area (Å²) in [5.41, 5.74) is 9.24. The molecule has 0 fully saturated rings. The minimum absolute atomic E-state index is 0.323. The molecular weight excluding hydrogens is 412 g/mol. The van der Waals surface area contributed by atoms with Gasteiger partial charge >= 0.3 is 0 Å². The molecule has 0 spiro atoms. The standard InChI is InChI=1S/C27H32N4O2/c1-4-5-13-23(17-27(28)31-29)21(2)19-32-25-15-11-16-26(18-25)33-20-24-14-10-8-6-7-9-12-22(3)30-24/h4-7,9-16,18H,1,3,8,17,19-20,29H2,2H3,(H2,28,31)/b7-6-,12-9-,13-5-,14-10-,23-21-,30-24?. The maximum atomic E-state index is 5.98. The van der Waals surface area contributed by atoms with E-state index in [0.29, 0.717) is 42.7 Å². The third kappa shape index (κ3) is 9.74. The van der Waals surface area contributed by atoms with Gasteiger partial charge in [-0.25, -0.2) is 0 Å². The Labute approximate surface area is 196 Å². The van der Waals surface area contributed by atoms with Crippen molar-refractivity contribution in [3.63, 3.8) is 0 Å². The van der Waals surface area contributed by atoms with Crippen LogP contribution in [0, 0.1) is 0 Å². The van der Waals surface area contributed by atoms with Gasteiger partial charge in [-0.15, -0.1) is 0 Å². The number of hydrogen-bond acceptors (Lipinski definition) is 5. The Hall–Kier alpha value is -4.06. The fraction of sp³-hybridized carbons (Fsp3) is 0.185. The van der Waals surface area contributed by atoms with E-state index in [-0.39, 0.29) is 0 Å². The highest BCUT2D eigenvalue weighted by atomic mass is 16.5. The number of ether oxygens (including phenoxy) is 2. The molecule has 4 N–H and O–H groups in total. The van der Waals surface area contributed by atoms with Crippen LogP contribution in [0.3, 0.4) is 0 Å². The summed E-state index contributed by atoms with van der Waals surface area (Å²) in [5, 5.41) is 3.55. The number of amidine groups is 1. The van der Waals surface area contributed by atoms with E-state index in [1.165, 1.54) is 0 Å². The summed E-state index contributed by atoms with van der Waals surface area (Å²) in [6.45, 7) is 10.3. The van der Waals surface area contributed by atoms with Crippen LogP contribution in [-0.2, 0) is 0 Å². The van der Waals surface area contributed by atoms with Crippen LogP contribution in [0.2, 0.25) is 0 Å². The number of hydrogen-bond donors (Lipinski definition) is 2. The molecule has 1 aromatic rings. The Bertz CT molecular complexity index is 1040. The van der Waals surface area contributed by atoms with Crippen molar-refractivity contribution in [1.29, 1.82) is 0 Å². The van der Waals surface area contributed by atoms with Crippen molar-refractivity contribution in [2.24, 2.45) is 21.7 Å². The maximum absolute atomic E-state index is 5.98. The van der Waals surface area contributed by atoms with Crippen LogP contribution in [0.1, 0.15) is 19.8 Å². The summed E-state index contributed by atoms with van der Waals surface area (Å²) >= 11 is 0. The second-order valence-corrected chi connectivity index (χ2v) is 7.27. The van der Waals surface area contributed by atoms with Crippen LogP contribution in [-0.4, -0.2) is 24.8 Å². The van der Waals surface area contributed by atoms with Crippen molar-refractivity contribution in [3.8, 4) is 11.5 Å². The number of nitrogens with two attached hydrogens (primary N) is 2. The number of aliphatic imine (C=N–C) groups is 1. The average molecular weight is 445 g/mol. The second-order valence-electron chi connectivity index (χ2n) is 7.27. The first-order chi connectivity index (χ1) is 16.0. The average Bonchev–Trinajstić information content (AvgIpc) is 2.83. The Morgan fingerprint density at radius 3 is 2.73 bits per heavy atom. The molecule has 6 heteroatoms. The topological polar surface area (TPSA) is 95.2 Å². The van der Waals surface area contributed by atoms with Crippen LogP contribution < -0.4 is 21.1 Å². The van der Waals surface area contributed by atoms with E-state index >= 15 is 0 Å². The molecule has 1 aliphatic rings. The lowest BCUT2D eigenvalue weighted by Gasteiger charge is -2.12. The lowest BCUT2D eigenvalue weighted by molar-refractivity contribution is 0.342. The molecule has 172 valence electrons. The largest absolute Gasteiger partial charge is 0.489 e. The van der Waals surface area contributed by atoms with Crippen LogP contribution >= 0.6 is 0 Å². The molecule has 0 saturated heterocycles. The molecule has 0 radical (unpaired) electrons. The first-order valence-corrected chi connectivity index (χ1v) is 10.6. The SMILES string of the molecule is C=C/C=C\C(C/C(N)=N/N)=C(/C)COc1cccc(OCC2=NC(=C)/C=C\C=C/C/C=C\2)c1. The first-order valence-electron chi connectivity index (χ1n) is 10.6. The lowest BCUT2D eigenvalue weighted by atomic mass is 10.1. The van der Waals surface area contributed by atoms with Crippen molar-refractivity contribution >= 4 is 11.5 Å². The highest BCUT2D eigenvalue weighted by molar-refractivity contribution is 5.97. The van der Waals surface area contributed by atoms with Gasteiger partial charge in [0.2, 0.25) is 0 Å². The van der Waals surface area contributed by atoms with Gasteiger partial charge in [-0.3, -0.25) is 4.99 Å². The maximum Gasteiger partial charge on any atom is 0.130 e. The minimum atomic E-state index is 0.323. The number of rotatable bonds is 10. The molecule has 0 saturated carbocycles. The third-order valence-electron chi connectivity index (χ3n) is 4.57. The van der Waals surface area contributed by atoms with Crippen molar-refractivity contribution in [2.45, 2.75) is 19.8 Å². The van der Waals surface area contributed by atoms with Gasteiger partial charge in [-0.2, -0.15) is 5.10 Å². The molecule has 6 nitrogen and oxygen atoms in total. The molecule has 0 aromatic heterocycles. The molecule has 1 aromatic carbocycles. The fourth-order valence-corrected chi connectivity index (χ4v) is 2.82. The summed E-state index contributed by atoms with van der Waals surface area (Å²) in [7, 11) is 0. The summed E-state index contributed by atoms with van der Waals surface area (Å²) in [6.07, 6.45) is 18.6. The predicted molar refractivity (Wildman–Crippen MR) is 139 cm³/mol. The van der Waals surface area contributed by atoms with Crippen molar-refractivity contribution in [1.82, 2.24) is 0 Å². The molecule has 33 heavy (non-hydrogen) atoms. The minimum Gasteiger partial charge on any atom is -0.489 e. The lowest BCUT2D eigenvalue weighted by Crippen LogP contribution is -2.15. The van der Waals surface area contributed by atoms with Crippen molar-refractivity contribution < 1.29 is 9.47 Å². The van der Waals surface area contributed by atoms with E-state index in [0.717, 1.165) is 23.3 Å². The van der Waals surface area contributed by atoms with E-state index in [9.17, 15) is 0 Å². The van der Waals surface area contributed by atoms with Crippen molar-refractivity contribution in [3.05, 3.63) is 109 Å². The highest BCUT2D eigenvalue weighted by Gasteiger charge is 2.06. The smallest absolute Gasteiger partial charge is 0.130 e. The molecular formula is C27H32N4O2. The summed E-state index contributed by atoms with van der Waals surface area (Å²) in [6, 6.07) is 7.51. The molecule has 0 unspecified atom stereocenters. The zero-order valence-corrected chi connectivity index (χ0v) is 19.1. The molecule has 1 heterocycles. The Morgan fingerprint density at radius 1 is 1.18 bits per heavy atom. The summed E-state index contributed by atoms with van der Waals surface area (Å²) < 4.78 is 11.9. The molecule has 1 aliphatic heterocycles. The van der Waals surface area contributed by atoms with E-state index in [4.69, 9.17) is 21.1 Å². The van der Waals surface area contributed by atoms with Gasteiger partial charge in [-0.05, 0) is 48.8 Å². The first kappa shape index (κ1) is 25.2. The number of nitrogens with zero attached hydrogens (tertiary/aromatic N) is 2. The fourth-order valence-electron chi connectivity index (χ4n) is 2.82. The molecule has 0 amide bonds. The third-order valence-corrected chi connectivity index (χ3v) is 4.57. The number of benzene rings is 1. The summed E-state index contributed by atoms with van der Waals surface area (Å²) in [5.74, 6) is 7.01. The molecule has 0 bridgehead atoms. The van der Waals surface area contributed by atoms with Crippen LogP contribution in [0.5, 0.6) is 11.5 Å². The zero-order chi connectivity index (χ0) is 23.9. The Balaban J connectivity index is 2.05. The van der Waals surface area contributed by atoms with Gasteiger partial charge in [0, 0.05) is 12.5 Å². The number of allylic oxidation sites excluding steroid dienone is 8. The van der Waals surface area contributed by atoms with Gasteiger partial charge < -0.3 is 21.1 Å². The Kier molecular flexibility index (Phi) is 10.8. The van der Waals surface area contributed by atoms with Crippen LogP contribution in [0.4, 0.5) is 0 Å². The van der Waals surface area contributed by atoms with E-state index < -0.39 is 0 Å². The molecule has 0 aliphatic carbocycles. The summed E-state index contributed by atoms with van der Waals surface area (Å²) in [4.78, 5) is 4.52. The predicted octanol–water partition coefficient (Wildman–Crippen LogP) is 5.15. The van der Waals surface area contributed by atoms with Gasteiger partial charge in [0.15, 0.2) is 0 Å². The van der Waals surface area contributed by atoms with Gasteiger partial charge in [0.1, 0.15) is 30.5 Å². The second kappa shape index (κ2) is 14.1. The zero-order valence-electron chi connectivity index (χ0n) is 19.1. The molecule has 2 rings (SSSR count). The van der Waals surface area contributed by atoms with Crippen LogP contribution in [0.25, 0.3) is 0 Å². The van der Waals surface area contributed by atoms with Crippen molar-refractivity contribution in [2.75, 3.05) is 13.2 Å². The van der Waals surface area contributed by atoms with Gasteiger partial charge in [-0.1, -0.05) is 61.8 Å². The van der Waals surface area contributed by atoms with E-state index in [1.807, 2.05) is 73.7 Å². The highest BCUT2D eigenvalue weighted by Crippen LogP contribution is 2.21. The van der Waals surface area contributed by atoms with Gasteiger partial charge in [0.25, 0.3) is 0 Å². The Morgan fingerprint density at radius 2 is 1.97 bits per heavy atom. The quantitative estimate of drug-likeness (QED) is 0.171. The van der Waals surface area contributed by atoms with Gasteiger partial charge in [0.05, 0.1) is 11.4 Å². The normalized spacial score (nSPS) is 18.2. The number of hydrazone groups is 1.